The maximum atomic E-state index is 13.9. The minimum Gasteiger partial charge on any atom is -0.325 e. The molecule has 1 aliphatic heterocycles. The Morgan fingerprint density at radius 3 is 2.48 bits per heavy atom. The molecule has 0 unspecified atom stereocenters. The molecule has 23 heavy (non-hydrogen) atoms. The summed E-state index contributed by atoms with van der Waals surface area (Å²) in [4.78, 5) is 12.4. The van der Waals surface area contributed by atoms with E-state index in [1.54, 1.807) is 6.07 Å². The van der Waals surface area contributed by atoms with E-state index >= 15 is 0 Å². The minimum absolute atomic E-state index is 0.0408. The first-order valence-electron chi connectivity index (χ1n) is 7.80. The monoisotopic (exact) mass is 306 g/mol. The van der Waals surface area contributed by atoms with Crippen LogP contribution in [0.1, 0.15) is 36.8 Å². The molecule has 2 aliphatic rings. The molecule has 0 radical (unpaired) electrons. The molecule has 1 amide bonds. The first kappa shape index (κ1) is 14.0. The molecular formula is C19H15FN2O. The van der Waals surface area contributed by atoms with E-state index in [1.807, 2.05) is 24.3 Å². The summed E-state index contributed by atoms with van der Waals surface area (Å²) in [5, 5.41) is 11.8. The van der Waals surface area contributed by atoms with Gasteiger partial charge in [-0.2, -0.15) is 5.26 Å². The van der Waals surface area contributed by atoms with Crippen molar-refractivity contribution in [1.82, 2.24) is 0 Å². The van der Waals surface area contributed by atoms with Gasteiger partial charge < -0.3 is 5.32 Å². The van der Waals surface area contributed by atoms with E-state index in [0.29, 0.717) is 0 Å². The molecule has 0 saturated heterocycles. The van der Waals surface area contributed by atoms with Crippen molar-refractivity contribution in [2.75, 3.05) is 5.32 Å². The van der Waals surface area contributed by atoms with E-state index in [-0.39, 0.29) is 11.5 Å². The molecule has 3 nitrogen and oxygen atoms in total. The minimum atomic E-state index is -0.518. The average Bonchev–Trinajstić information content (AvgIpc) is 3.15. The zero-order valence-electron chi connectivity index (χ0n) is 12.5. The molecule has 1 saturated carbocycles. The van der Waals surface area contributed by atoms with Crippen LogP contribution in [0.15, 0.2) is 36.4 Å². The molecule has 0 atom stereocenters. The van der Waals surface area contributed by atoms with Crippen LogP contribution in [-0.2, 0) is 10.2 Å². The number of rotatable bonds is 1. The molecule has 1 aliphatic carbocycles. The van der Waals surface area contributed by atoms with Gasteiger partial charge >= 0.3 is 0 Å². The molecule has 4 heteroatoms. The lowest BCUT2D eigenvalue weighted by Gasteiger charge is -2.21. The van der Waals surface area contributed by atoms with Crippen LogP contribution in [0.3, 0.4) is 0 Å². The van der Waals surface area contributed by atoms with E-state index < -0.39 is 11.2 Å². The predicted octanol–water partition coefficient (Wildman–Crippen LogP) is 4.13. The van der Waals surface area contributed by atoms with Crippen LogP contribution in [0.5, 0.6) is 0 Å². The number of hydrogen-bond acceptors (Lipinski definition) is 2. The van der Waals surface area contributed by atoms with Crippen LogP contribution < -0.4 is 5.32 Å². The number of halogens is 1. The molecule has 1 fully saturated rings. The van der Waals surface area contributed by atoms with Gasteiger partial charge in [0.15, 0.2) is 0 Å². The molecule has 1 spiro atoms. The fourth-order valence-corrected chi connectivity index (χ4v) is 3.85. The molecule has 2 aromatic carbocycles. The van der Waals surface area contributed by atoms with Gasteiger partial charge in [0.05, 0.1) is 11.0 Å². The Balaban J connectivity index is 1.82. The summed E-state index contributed by atoms with van der Waals surface area (Å²) >= 11 is 0. The number of carbonyl (C=O) groups excluding carboxylic acids is 1. The molecule has 2 aromatic rings. The van der Waals surface area contributed by atoms with E-state index in [0.717, 1.165) is 48.1 Å². The van der Waals surface area contributed by atoms with Crippen LogP contribution in [0.4, 0.5) is 10.1 Å². The van der Waals surface area contributed by atoms with Gasteiger partial charge in [-0.1, -0.05) is 25.0 Å². The lowest BCUT2D eigenvalue weighted by Crippen LogP contribution is -2.30. The molecule has 4 rings (SSSR count). The van der Waals surface area contributed by atoms with E-state index in [2.05, 4.69) is 5.32 Å². The molecule has 1 N–H and O–H groups in total. The third-order valence-corrected chi connectivity index (χ3v) is 5.10. The standard InChI is InChI=1S/C19H15FN2O/c20-16-10-13(3-4-14(16)11-21)12-5-6-17-15(9-12)19(18(23)22-17)7-1-2-8-19/h3-6,9-10H,1-2,7-8H2,(H,22,23). The highest BCUT2D eigenvalue weighted by atomic mass is 19.1. The van der Waals surface area contributed by atoms with Crippen LogP contribution in [0.2, 0.25) is 0 Å². The number of anilines is 1. The second kappa shape index (κ2) is 4.92. The number of nitriles is 1. The zero-order valence-corrected chi connectivity index (χ0v) is 12.5. The van der Waals surface area contributed by atoms with Crippen LogP contribution in [0, 0.1) is 17.1 Å². The summed E-state index contributed by atoms with van der Waals surface area (Å²) in [6.45, 7) is 0. The van der Waals surface area contributed by atoms with Gasteiger partial charge in [0, 0.05) is 5.69 Å². The first-order chi connectivity index (χ1) is 11.1. The normalized spacial score (nSPS) is 17.8. The summed E-state index contributed by atoms with van der Waals surface area (Å²) in [6.07, 6.45) is 3.86. The average molecular weight is 306 g/mol. The number of nitrogens with zero attached hydrogens (tertiary/aromatic N) is 1. The second-order valence-corrected chi connectivity index (χ2v) is 6.31. The van der Waals surface area contributed by atoms with Crippen molar-refractivity contribution in [2.24, 2.45) is 0 Å². The van der Waals surface area contributed by atoms with E-state index in [4.69, 9.17) is 5.26 Å². The Morgan fingerprint density at radius 2 is 1.78 bits per heavy atom. The fourth-order valence-electron chi connectivity index (χ4n) is 3.85. The molecule has 0 bridgehead atoms. The Labute approximate surface area is 133 Å². The van der Waals surface area contributed by atoms with Gasteiger partial charge in [0.1, 0.15) is 11.9 Å². The highest BCUT2D eigenvalue weighted by Gasteiger charge is 2.48. The quantitative estimate of drug-likeness (QED) is 0.861. The van der Waals surface area contributed by atoms with Crippen molar-refractivity contribution < 1.29 is 9.18 Å². The summed E-state index contributed by atoms with van der Waals surface area (Å²) in [5.41, 5.74) is 3.12. The van der Waals surface area contributed by atoms with Gasteiger partial charge in [-0.15, -0.1) is 0 Å². The largest absolute Gasteiger partial charge is 0.325 e. The van der Waals surface area contributed by atoms with E-state index in [1.165, 1.54) is 12.1 Å². The van der Waals surface area contributed by atoms with Gasteiger partial charge in [-0.3, -0.25) is 4.79 Å². The highest BCUT2D eigenvalue weighted by molar-refractivity contribution is 6.07. The number of fused-ring (bicyclic) bond motifs is 2. The SMILES string of the molecule is N#Cc1ccc(-c2ccc3c(c2)C2(CCCC2)C(=O)N3)cc1F. The van der Waals surface area contributed by atoms with Gasteiger partial charge in [-0.25, -0.2) is 4.39 Å². The topological polar surface area (TPSA) is 52.9 Å². The smallest absolute Gasteiger partial charge is 0.235 e. The molecular weight excluding hydrogens is 291 g/mol. The Hall–Kier alpha value is -2.67. The Bertz CT molecular complexity index is 860. The van der Waals surface area contributed by atoms with E-state index in [9.17, 15) is 9.18 Å². The Kier molecular flexibility index (Phi) is 2.99. The summed E-state index contributed by atoms with van der Waals surface area (Å²) in [7, 11) is 0. The van der Waals surface area contributed by atoms with Crippen molar-refractivity contribution in [3.05, 3.63) is 53.3 Å². The van der Waals surface area contributed by atoms with Crippen molar-refractivity contribution >= 4 is 11.6 Å². The van der Waals surface area contributed by atoms with Gasteiger partial charge in [-0.05, 0) is 53.8 Å². The highest BCUT2D eigenvalue weighted by Crippen LogP contribution is 2.49. The number of hydrogen-bond donors (Lipinski definition) is 1. The maximum Gasteiger partial charge on any atom is 0.235 e. The number of amides is 1. The molecule has 0 aromatic heterocycles. The fraction of sp³-hybridized carbons (Fsp3) is 0.263. The van der Waals surface area contributed by atoms with Crippen molar-refractivity contribution in [3.8, 4) is 17.2 Å². The van der Waals surface area contributed by atoms with Crippen LogP contribution in [-0.4, -0.2) is 5.91 Å². The lowest BCUT2D eigenvalue weighted by molar-refractivity contribution is -0.120. The number of benzene rings is 2. The summed E-state index contributed by atoms with van der Waals surface area (Å²) < 4.78 is 13.9. The number of nitrogens with one attached hydrogen (secondary N) is 1. The third-order valence-electron chi connectivity index (χ3n) is 5.10. The third kappa shape index (κ3) is 1.97. The van der Waals surface area contributed by atoms with Crippen molar-refractivity contribution in [3.63, 3.8) is 0 Å². The maximum absolute atomic E-state index is 13.9. The van der Waals surface area contributed by atoms with Crippen molar-refractivity contribution in [2.45, 2.75) is 31.1 Å². The number of carbonyl (C=O) groups is 1. The van der Waals surface area contributed by atoms with Gasteiger partial charge in [0.2, 0.25) is 5.91 Å². The predicted molar refractivity (Wildman–Crippen MR) is 85.3 cm³/mol. The summed E-state index contributed by atoms with van der Waals surface area (Å²) in [5.74, 6) is -0.427. The van der Waals surface area contributed by atoms with Crippen LogP contribution >= 0.6 is 0 Å². The van der Waals surface area contributed by atoms with Gasteiger partial charge in [0.25, 0.3) is 0 Å². The van der Waals surface area contributed by atoms with Crippen molar-refractivity contribution in [1.29, 1.82) is 5.26 Å². The Morgan fingerprint density at radius 1 is 1.09 bits per heavy atom. The zero-order chi connectivity index (χ0) is 16.0. The first-order valence-corrected chi connectivity index (χ1v) is 7.80. The lowest BCUT2D eigenvalue weighted by atomic mass is 9.79. The van der Waals surface area contributed by atoms with Crippen LogP contribution in [0.25, 0.3) is 11.1 Å². The summed E-state index contributed by atoms with van der Waals surface area (Å²) in [6, 6.07) is 12.2. The second-order valence-electron chi connectivity index (χ2n) is 6.31. The molecule has 1 heterocycles. The molecule has 114 valence electrons.